The summed E-state index contributed by atoms with van der Waals surface area (Å²) in [5.41, 5.74) is 2.42. The number of anilines is 2. The SMILES string of the molecule is CCC(C)C(C)Nc1nc(NN)nc(-n2cncn2)n1. The standard InChI is InChI=1S/C11H19N9/c1-4-7(2)8(3)15-9-16-10(19-12)18-11(17-9)20-6-13-5-14-20/h5-8H,4,12H2,1-3H3,(H2,15,16,17,18,19). The molecule has 0 amide bonds. The monoisotopic (exact) mass is 277 g/mol. The first kappa shape index (κ1) is 14.1. The minimum Gasteiger partial charge on any atom is -0.351 e. The number of nitrogens with two attached hydrogens (primary N) is 1. The fraction of sp³-hybridized carbons (Fsp3) is 0.545. The van der Waals surface area contributed by atoms with Gasteiger partial charge in [-0.2, -0.15) is 24.7 Å². The first-order valence-electron chi connectivity index (χ1n) is 6.48. The summed E-state index contributed by atoms with van der Waals surface area (Å²) in [6.07, 6.45) is 3.99. The summed E-state index contributed by atoms with van der Waals surface area (Å²) >= 11 is 0. The van der Waals surface area contributed by atoms with Crippen molar-refractivity contribution in [3.63, 3.8) is 0 Å². The third-order valence-electron chi connectivity index (χ3n) is 3.23. The molecule has 0 aliphatic heterocycles. The number of hydrogen-bond donors (Lipinski definition) is 3. The molecule has 0 radical (unpaired) electrons. The Morgan fingerprint density at radius 3 is 2.60 bits per heavy atom. The van der Waals surface area contributed by atoms with Crippen molar-refractivity contribution in [2.45, 2.75) is 33.2 Å². The van der Waals surface area contributed by atoms with Crippen LogP contribution in [-0.4, -0.2) is 35.8 Å². The Morgan fingerprint density at radius 2 is 2.00 bits per heavy atom. The molecule has 2 aromatic heterocycles. The van der Waals surface area contributed by atoms with Gasteiger partial charge in [-0.1, -0.05) is 20.3 Å². The van der Waals surface area contributed by atoms with Gasteiger partial charge in [0.05, 0.1) is 0 Å². The van der Waals surface area contributed by atoms with Crippen molar-refractivity contribution < 1.29 is 0 Å². The Balaban J connectivity index is 2.27. The Kier molecular flexibility index (Phi) is 4.41. The zero-order valence-electron chi connectivity index (χ0n) is 11.8. The van der Waals surface area contributed by atoms with Crippen molar-refractivity contribution in [1.82, 2.24) is 29.7 Å². The van der Waals surface area contributed by atoms with Crippen molar-refractivity contribution in [2.24, 2.45) is 11.8 Å². The summed E-state index contributed by atoms with van der Waals surface area (Å²) in [6, 6.07) is 0.233. The minimum absolute atomic E-state index is 0.233. The summed E-state index contributed by atoms with van der Waals surface area (Å²) in [4.78, 5) is 16.5. The van der Waals surface area contributed by atoms with Crippen LogP contribution < -0.4 is 16.6 Å². The number of hydrazine groups is 1. The fourth-order valence-corrected chi connectivity index (χ4v) is 1.61. The van der Waals surface area contributed by atoms with E-state index in [2.05, 4.69) is 56.5 Å². The third-order valence-corrected chi connectivity index (χ3v) is 3.23. The van der Waals surface area contributed by atoms with Gasteiger partial charge >= 0.3 is 0 Å². The summed E-state index contributed by atoms with van der Waals surface area (Å²) in [5.74, 6) is 6.95. The molecule has 9 heteroatoms. The largest absolute Gasteiger partial charge is 0.351 e. The Morgan fingerprint density at radius 1 is 1.25 bits per heavy atom. The molecule has 0 spiro atoms. The highest BCUT2D eigenvalue weighted by Crippen LogP contribution is 2.13. The molecule has 0 saturated carbocycles. The maximum absolute atomic E-state index is 5.38. The molecule has 0 aromatic carbocycles. The number of rotatable bonds is 6. The molecular formula is C11H19N9. The van der Waals surface area contributed by atoms with Crippen LogP contribution in [0.1, 0.15) is 27.2 Å². The van der Waals surface area contributed by atoms with E-state index in [1.54, 1.807) is 0 Å². The van der Waals surface area contributed by atoms with Gasteiger partial charge in [-0.05, 0) is 12.8 Å². The molecule has 2 unspecified atom stereocenters. The van der Waals surface area contributed by atoms with Crippen LogP contribution in [0.3, 0.4) is 0 Å². The molecule has 0 aliphatic carbocycles. The fourth-order valence-electron chi connectivity index (χ4n) is 1.61. The lowest BCUT2D eigenvalue weighted by molar-refractivity contribution is 0.492. The van der Waals surface area contributed by atoms with Crippen molar-refractivity contribution >= 4 is 11.9 Å². The third kappa shape index (κ3) is 3.18. The zero-order valence-corrected chi connectivity index (χ0v) is 11.8. The second kappa shape index (κ2) is 6.24. The van der Waals surface area contributed by atoms with Crippen molar-refractivity contribution in [2.75, 3.05) is 10.7 Å². The number of hydrogen-bond acceptors (Lipinski definition) is 8. The van der Waals surface area contributed by atoms with Crippen LogP contribution in [0.2, 0.25) is 0 Å². The van der Waals surface area contributed by atoms with Crippen LogP contribution >= 0.6 is 0 Å². The van der Waals surface area contributed by atoms with E-state index in [0.29, 0.717) is 17.8 Å². The van der Waals surface area contributed by atoms with Gasteiger partial charge in [0, 0.05) is 6.04 Å². The number of nitrogen functional groups attached to an aromatic ring is 1. The minimum atomic E-state index is 0.233. The van der Waals surface area contributed by atoms with E-state index in [1.165, 1.54) is 17.3 Å². The number of nitrogens with zero attached hydrogens (tertiary/aromatic N) is 6. The molecular weight excluding hydrogens is 258 g/mol. The Hall–Kier alpha value is -2.29. The predicted octanol–water partition coefficient (Wildman–Crippen LogP) is 0.584. The lowest BCUT2D eigenvalue weighted by Gasteiger charge is -2.20. The van der Waals surface area contributed by atoms with Gasteiger partial charge in [-0.25, -0.2) is 10.8 Å². The smallest absolute Gasteiger partial charge is 0.258 e. The van der Waals surface area contributed by atoms with Crippen LogP contribution in [0.15, 0.2) is 12.7 Å². The Bertz CT molecular complexity index is 539. The average Bonchev–Trinajstić information content (AvgIpc) is 3.00. The topological polar surface area (TPSA) is 119 Å². The summed E-state index contributed by atoms with van der Waals surface area (Å²) in [7, 11) is 0. The van der Waals surface area contributed by atoms with Crippen LogP contribution in [0, 0.1) is 5.92 Å². The van der Waals surface area contributed by atoms with Crippen LogP contribution in [0.25, 0.3) is 5.95 Å². The normalized spacial score (nSPS) is 13.8. The van der Waals surface area contributed by atoms with Gasteiger partial charge in [-0.3, -0.25) is 5.43 Å². The molecule has 20 heavy (non-hydrogen) atoms. The summed E-state index contributed by atoms with van der Waals surface area (Å²) < 4.78 is 1.45. The lowest BCUT2D eigenvalue weighted by atomic mass is 10.0. The first-order chi connectivity index (χ1) is 9.63. The maximum Gasteiger partial charge on any atom is 0.258 e. The molecule has 2 aromatic rings. The van der Waals surface area contributed by atoms with Crippen LogP contribution in [0.4, 0.5) is 11.9 Å². The molecule has 0 saturated heterocycles. The number of aromatic nitrogens is 6. The van der Waals surface area contributed by atoms with E-state index in [0.717, 1.165) is 6.42 Å². The van der Waals surface area contributed by atoms with Gasteiger partial charge in [-0.15, -0.1) is 0 Å². The van der Waals surface area contributed by atoms with E-state index in [4.69, 9.17) is 5.84 Å². The van der Waals surface area contributed by atoms with Gasteiger partial charge in [0.15, 0.2) is 0 Å². The maximum atomic E-state index is 5.38. The quantitative estimate of drug-likeness (QED) is 0.518. The molecule has 4 N–H and O–H groups in total. The highest BCUT2D eigenvalue weighted by molar-refractivity contribution is 5.37. The van der Waals surface area contributed by atoms with E-state index in [-0.39, 0.29) is 12.0 Å². The van der Waals surface area contributed by atoms with E-state index >= 15 is 0 Å². The first-order valence-corrected chi connectivity index (χ1v) is 6.48. The molecule has 9 nitrogen and oxygen atoms in total. The van der Waals surface area contributed by atoms with Gasteiger partial charge in [0.2, 0.25) is 11.9 Å². The zero-order chi connectivity index (χ0) is 14.5. The summed E-state index contributed by atoms with van der Waals surface area (Å²) in [6.45, 7) is 6.39. The lowest BCUT2D eigenvalue weighted by Crippen LogP contribution is -2.25. The highest BCUT2D eigenvalue weighted by Gasteiger charge is 2.14. The van der Waals surface area contributed by atoms with Crippen molar-refractivity contribution in [1.29, 1.82) is 0 Å². The van der Waals surface area contributed by atoms with Crippen LogP contribution in [0.5, 0.6) is 0 Å². The van der Waals surface area contributed by atoms with Gasteiger partial charge in [0.1, 0.15) is 12.7 Å². The van der Waals surface area contributed by atoms with Gasteiger partial charge in [0.25, 0.3) is 5.95 Å². The van der Waals surface area contributed by atoms with E-state index in [1.807, 2.05) is 0 Å². The Labute approximate surface area is 117 Å². The summed E-state index contributed by atoms with van der Waals surface area (Å²) in [5, 5.41) is 7.24. The average molecular weight is 277 g/mol. The molecule has 2 rings (SSSR count). The molecule has 0 aliphatic rings. The molecule has 108 valence electrons. The van der Waals surface area contributed by atoms with Crippen molar-refractivity contribution in [3.8, 4) is 5.95 Å². The van der Waals surface area contributed by atoms with Gasteiger partial charge < -0.3 is 5.32 Å². The predicted molar refractivity (Wildman–Crippen MR) is 75.1 cm³/mol. The second-order valence-electron chi connectivity index (χ2n) is 4.59. The molecule has 0 fully saturated rings. The molecule has 0 bridgehead atoms. The van der Waals surface area contributed by atoms with Crippen molar-refractivity contribution in [3.05, 3.63) is 12.7 Å². The number of nitrogens with one attached hydrogen (secondary N) is 2. The highest BCUT2D eigenvalue weighted by atomic mass is 15.4. The second-order valence-corrected chi connectivity index (χ2v) is 4.59. The molecule has 2 heterocycles. The van der Waals surface area contributed by atoms with Crippen LogP contribution in [-0.2, 0) is 0 Å². The molecule has 2 atom stereocenters. The van der Waals surface area contributed by atoms with E-state index < -0.39 is 0 Å². The van der Waals surface area contributed by atoms with E-state index in [9.17, 15) is 0 Å².